The molecule has 1 aliphatic rings. The summed E-state index contributed by atoms with van der Waals surface area (Å²) in [4.78, 5) is 34.3. The molecule has 230 valence electrons. The Morgan fingerprint density at radius 1 is 1.02 bits per heavy atom. The standard InChI is InChI=1S/C32H26F3N5O4S/c1-4-23-29-28(32(42)40(23)3)27(24-11-12-25(45-24)30(41)36-14-17-5-10-20(34)21(35)13-17)26(31-39-38-16(2)44-31)22(37-29)15-43-19-8-6-18(33)7-9-19/h5-13,23H,4,14-15H2,1-3H3,(H,36,41). The summed E-state index contributed by atoms with van der Waals surface area (Å²) in [5.41, 5.74) is 2.57. The smallest absolute Gasteiger partial charge is 0.261 e. The number of nitrogens with zero attached hydrogens (tertiary/aromatic N) is 4. The molecule has 2 aromatic carbocycles. The van der Waals surface area contributed by atoms with E-state index in [4.69, 9.17) is 14.1 Å². The number of carbonyl (C=O) groups is 2. The van der Waals surface area contributed by atoms with Crippen molar-refractivity contribution in [2.45, 2.75) is 39.5 Å². The van der Waals surface area contributed by atoms with E-state index in [0.29, 0.717) is 61.5 Å². The molecule has 0 saturated carbocycles. The van der Waals surface area contributed by atoms with Gasteiger partial charge in [-0.2, -0.15) is 0 Å². The van der Waals surface area contributed by atoms with Crippen LogP contribution in [0.3, 0.4) is 0 Å². The highest BCUT2D eigenvalue weighted by Gasteiger charge is 2.40. The average Bonchev–Trinajstić information content (AvgIpc) is 3.75. The van der Waals surface area contributed by atoms with E-state index in [1.54, 1.807) is 31.0 Å². The molecule has 45 heavy (non-hydrogen) atoms. The van der Waals surface area contributed by atoms with Gasteiger partial charge in [0.2, 0.25) is 11.8 Å². The highest BCUT2D eigenvalue weighted by atomic mass is 32.1. The highest BCUT2D eigenvalue weighted by molar-refractivity contribution is 7.17. The zero-order valence-electron chi connectivity index (χ0n) is 24.4. The minimum atomic E-state index is -1.00. The molecular formula is C32H26F3N5O4S. The molecule has 0 fully saturated rings. The zero-order valence-corrected chi connectivity index (χ0v) is 25.2. The molecule has 5 aromatic rings. The molecular weight excluding hydrogens is 607 g/mol. The summed E-state index contributed by atoms with van der Waals surface area (Å²) >= 11 is 1.14. The van der Waals surface area contributed by atoms with Gasteiger partial charge in [0.05, 0.1) is 33.4 Å². The molecule has 1 atom stereocenters. The first-order valence-electron chi connectivity index (χ1n) is 14.0. The maximum Gasteiger partial charge on any atom is 0.261 e. The van der Waals surface area contributed by atoms with Crippen LogP contribution in [0.15, 0.2) is 59.0 Å². The van der Waals surface area contributed by atoms with Crippen LogP contribution in [0.1, 0.15) is 62.3 Å². The number of carbonyl (C=O) groups excluding carboxylic acids is 2. The Hall–Kier alpha value is -5.04. The molecule has 0 bridgehead atoms. The van der Waals surface area contributed by atoms with Gasteiger partial charge in [-0.25, -0.2) is 13.2 Å². The molecule has 0 aliphatic carbocycles. The molecule has 0 saturated heterocycles. The van der Waals surface area contributed by atoms with Gasteiger partial charge in [-0.3, -0.25) is 14.6 Å². The first-order valence-corrected chi connectivity index (χ1v) is 14.8. The molecule has 6 rings (SSSR count). The number of nitrogens with one attached hydrogen (secondary N) is 1. The number of fused-ring (bicyclic) bond motifs is 1. The van der Waals surface area contributed by atoms with Gasteiger partial charge in [0.25, 0.3) is 11.8 Å². The lowest BCUT2D eigenvalue weighted by Gasteiger charge is -2.18. The van der Waals surface area contributed by atoms with Crippen molar-refractivity contribution < 1.29 is 31.9 Å². The number of hydrogen-bond acceptors (Lipinski definition) is 8. The first-order chi connectivity index (χ1) is 21.6. The highest BCUT2D eigenvalue weighted by Crippen LogP contribution is 2.46. The summed E-state index contributed by atoms with van der Waals surface area (Å²) in [6, 6.07) is 12.0. The van der Waals surface area contributed by atoms with E-state index in [2.05, 4.69) is 15.5 Å². The molecule has 0 radical (unpaired) electrons. The first kappa shape index (κ1) is 30.0. The third-order valence-electron chi connectivity index (χ3n) is 7.45. The Morgan fingerprint density at radius 3 is 2.49 bits per heavy atom. The van der Waals surface area contributed by atoms with Gasteiger partial charge < -0.3 is 19.4 Å². The molecule has 13 heteroatoms. The maximum absolute atomic E-state index is 13.7. The number of hydrogen-bond donors (Lipinski definition) is 1. The van der Waals surface area contributed by atoms with Gasteiger partial charge in [0.1, 0.15) is 18.2 Å². The summed E-state index contributed by atoms with van der Waals surface area (Å²) in [7, 11) is 1.71. The summed E-state index contributed by atoms with van der Waals surface area (Å²) in [6.07, 6.45) is 0.598. The summed E-state index contributed by atoms with van der Waals surface area (Å²) in [5.74, 6) is -2.26. The van der Waals surface area contributed by atoms with Crippen LogP contribution in [0.5, 0.6) is 5.75 Å². The fourth-order valence-electron chi connectivity index (χ4n) is 5.26. The molecule has 1 aliphatic heterocycles. The second kappa shape index (κ2) is 12.2. The predicted molar refractivity (Wildman–Crippen MR) is 159 cm³/mol. The Labute approximate surface area is 259 Å². The molecule has 3 aromatic heterocycles. The van der Waals surface area contributed by atoms with Gasteiger partial charge in [-0.1, -0.05) is 13.0 Å². The minimum absolute atomic E-state index is 0.0211. The average molecular weight is 634 g/mol. The Morgan fingerprint density at radius 2 is 1.80 bits per heavy atom. The normalized spacial score (nSPS) is 14.1. The van der Waals surface area contributed by atoms with Crippen molar-refractivity contribution in [1.29, 1.82) is 0 Å². The summed E-state index contributed by atoms with van der Waals surface area (Å²) < 4.78 is 52.3. The third-order valence-corrected chi connectivity index (χ3v) is 8.55. The molecule has 1 N–H and O–H groups in total. The van der Waals surface area contributed by atoms with Crippen molar-refractivity contribution in [3.8, 4) is 27.6 Å². The van der Waals surface area contributed by atoms with E-state index in [-0.39, 0.29) is 31.0 Å². The van der Waals surface area contributed by atoms with Gasteiger partial charge in [-0.05, 0) is 60.5 Å². The summed E-state index contributed by atoms with van der Waals surface area (Å²) in [6.45, 7) is 3.50. The van der Waals surface area contributed by atoms with Gasteiger partial charge in [0.15, 0.2) is 11.6 Å². The van der Waals surface area contributed by atoms with Gasteiger partial charge in [-0.15, -0.1) is 21.5 Å². The van der Waals surface area contributed by atoms with Crippen molar-refractivity contribution in [1.82, 2.24) is 25.4 Å². The van der Waals surface area contributed by atoms with E-state index < -0.39 is 23.4 Å². The molecule has 1 unspecified atom stereocenters. The number of aryl methyl sites for hydroxylation is 1. The Bertz CT molecular complexity index is 1920. The van der Waals surface area contributed by atoms with Crippen molar-refractivity contribution in [2.24, 2.45) is 0 Å². The fraction of sp³-hybridized carbons (Fsp3) is 0.219. The fourth-order valence-corrected chi connectivity index (χ4v) is 6.24. The quantitative estimate of drug-likeness (QED) is 0.194. The predicted octanol–water partition coefficient (Wildman–Crippen LogP) is 6.63. The third kappa shape index (κ3) is 5.78. The SMILES string of the molecule is CCC1c2nc(COc3ccc(F)cc3)c(-c3nnc(C)o3)c(-c3ccc(C(=O)NCc4ccc(F)c(F)c4)s3)c2C(=O)N1C. The monoisotopic (exact) mass is 633 g/mol. The van der Waals surface area contributed by atoms with Crippen LogP contribution in [0, 0.1) is 24.4 Å². The van der Waals surface area contributed by atoms with Crippen LogP contribution in [0.4, 0.5) is 13.2 Å². The topological polar surface area (TPSA) is 110 Å². The van der Waals surface area contributed by atoms with E-state index in [9.17, 15) is 22.8 Å². The van der Waals surface area contributed by atoms with Gasteiger partial charge in [0, 0.05) is 31.0 Å². The number of rotatable bonds is 9. The van der Waals surface area contributed by atoms with E-state index in [1.807, 2.05) is 6.92 Å². The number of benzene rings is 2. The lowest BCUT2D eigenvalue weighted by Crippen LogP contribution is -2.22. The van der Waals surface area contributed by atoms with Crippen LogP contribution in [-0.2, 0) is 13.2 Å². The number of amides is 2. The van der Waals surface area contributed by atoms with Crippen LogP contribution < -0.4 is 10.1 Å². The largest absolute Gasteiger partial charge is 0.487 e. The number of aromatic nitrogens is 3. The zero-order chi connectivity index (χ0) is 31.8. The van der Waals surface area contributed by atoms with Gasteiger partial charge >= 0.3 is 0 Å². The molecule has 9 nitrogen and oxygen atoms in total. The van der Waals surface area contributed by atoms with E-state index >= 15 is 0 Å². The van der Waals surface area contributed by atoms with Crippen molar-refractivity contribution >= 4 is 23.2 Å². The van der Waals surface area contributed by atoms with Crippen molar-refractivity contribution in [2.75, 3.05) is 7.05 Å². The molecule has 4 heterocycles. The van der Waals surface area contributed by atoms with E-state index in [1.165, 1.54) is 30.3 Å². The van der Waals surface area contributed by atoms with Crippen LogP contribution in [0.2, 0.25) is 0 Å². The van der Waals surface area contributed by atoms with Crippen molar-refractivity contribution in [3.63, 3.8) is 0 Å². The molecule has 0 spiro atoms. The lowest BCUT2D eigenvalue weighted by molar-refractivity contribution is 0.0770. The molecule has 2 amide bonds. The number of ether oxygens (including phenoxy) is 1. The van der Waals surface area contributed by atoms with Crippen LogP contribution in [0.25, 0.3) is 21.9 Å². The number of thiophene rings is 1. The van der Waals surface area contributed by atoms with Crippen molar-refractivity contribution in [3.05, 3.63) is 105 Å². The van der Waals surface area contributed by atoms with Crippen LogP contribution in [-0.4, -0.2) is 38.9 Å². The lowest BCUT2D eigenvalue weighted by atomic mass is 9.95. The Balaban J connectivity index is 1.44. The van der Waals surface area contributed by atoms with E-state index in [0.717, 1.165) is 23.5 Å². The second-order valence-corrected chi connectivity index (χ2v) is 11.5. The number of pyridine rings is 1. The van der Waals surface area contributed by atoms with Crippen LogP contribution >= 0.6 is 11.3 Å². The maximum atomic E-state index is 13.7. The number of halogens is 3. The Kier molecular flexibility index (Phi) is 8.11. The summed E-state index contributed by atoms with van der Waals surface area (Å²) in [5, 5.41) is 11.0. The second-order valence-electron chi connectivity index (χ2n) is 10.4. The minimum Gasteiger partial charge on any atom is -0.487 e.